The zero-order valence-corrected chi connectivity index (χ0v) is 12.3. The Morgan fingerprint density at radius 2 is 1.94 bits per heavy atom. The summed E-state index contributed by atoms with van der Waals surface area (Å²) in [6.45, 7) is 2.09. The topological polar surface area (TPSA) is 37.8 Å². The highest BCUT2D eigenvalue weighted by atomic mass is 79.9. The summed E-state index contributed by atoms with van der Waals surface area (Å²) in [6.07, 6.45) is 1.83. The van der Waals surface area contributed by atoms with Crippen LogP contribution in [-0.4, -0.2) is 9.97 Å². The Labute approximate surface area is 120 Å². The third-order valence-electron chi connectivity index (χ3n) is 2.33. The summed E-state index contributed by atoms with van der Waals surface area (Å²) in [4.78, 5) is 8.61. The van der Waals surface area contributed by atoms with E-state index in [1.165, 1.54) is 0 Å². The van der Waals surface area contributed by atoms with Crippen LogP contribution in [0.4, 0.5) is 11.5 Å². The minimum absolute atomic E-state index is 0.466. The second kappa shape index (κ2) is 6.16. The zero-order chi connectivity index (χ0) is 13.0. The maximum atomic E-state index is 5.98. The molecule has 0 fully saturated rings. The highest BCUT2D eigenvalue weighted by molar-refractivity contribution is 9.10. The van der Waals surface area contributed by atoms with Crippen molar-refractivity contribution in [2.24, 2.45) is 0 Å². The number of rotatable bonds is 4. The standard InChI is InChI=1S/C13H13BrClN3/c1-2-3-12-17-11(15)8-13(18-12)16-10-6-4-9(14)5-7-10/h4-8H,2-3H2,1H3,(H,16,17,18). The summed E-state index contributed by atoms with van der Waals surface area (Å²) < 4.78 is 1.04. The summed E-state index contributed by atoms with van der Waals surface area (Å²) in [5.74, 6) is 1.49. The van der Waals surface area contributed by atoms with Gasteiger partial charge in [0.1, 0.15) is 16.8 Å². The summed E-state index contributed by atoms with van der Waals surface area (Å²) >= 11 is 9.38. The fraction of sp³-hybridized carbons (Fsp3) is 0.231. The van der Waals surface area contributed by atoms with Crippen molar-refractivity contribution in [3.63, 3.8) is 0 Å². The lowest BCUT2D eigenvalue weighted by Gasteiger charge is -2.07. The van der Waals surface area contributed by atoms with Crippen molar-refractivity contribution in [3.05, 3.63) is 45.8 Å². The van der Waals surface area contributed by atoms with Crippen LogP contribution in [-0.2, 0) is 6.42 Å². The lowest BCUT2D eigenvalue weighted by molar-refractivity contribution is 0.837. The number of nitrogens with zero attached hydrogens (tertiary/aromatic N) is 2. The van der Waals surface area contributed by atoms with E-state index in [2.05, 4.69) is 38.1 Å². The molecule has 2 aromatic rings. The second-order valence-electron chi connectivity index (χ2n) is 3.87. The molecule has 3 nitrogen and oxygen atoms in total. The maximum absolute atomic E-state index is 5.98. The van der Waals surface area contributed by atoms with Crippen LogP contribution in [0.15, 0.2) is 34.8 Å². The van der Waals surface area contributed by atoms with Crippen LogP contribution in [0.5, 0.6) is 0 Å². The molecule has 0 spiro atoms. The Bertz CT molecular complexity index is 528. The van der Waals surface area contributed by atoms with Gasteiger partial charge in [-0.15, -0.1) is 0 Å². The fourth-order valence-electron chi connectivity index (χ4n) is 1.55. The van der Waals surface area contributed by atoms with Crippen LogP contribution in [0.3, 0.4) is 0 Å². The van der Waals surface area contributed by atoms with Gasteiger partial charge < -0.3 is 5.32 Å². The molecule has 1 aromatic carbocycles. The molecule has 0 radical (unpaired) electrons. The van der Waals surface area contributed by atoms with Crippen LogP contribution in [0.2, 0.25) is 5.15 Å². The molecule has 0 saturated carbocycles. The average Bonchev–Trinajstić information content (AvgIpc) is 2.32. The van der Waals surface area contributed by atoms with Gasteiger partial charge in [-0.2, -0.15) is 0 Å². The molecule has 1 N–H and O–H groups in total. The molecule has 18 heavy (non-hydrogen) atoms. The predicted octanol–water partition coefficient (Wildman–Crippen LogP) is 4.59. The van der Waals surface area contributed by atoms with Gasteiger partial charge in [0.15, 0.2) is 0 Å². The molecule has 5 heteroatoms. The second-order valence-corrected chi connectivity index (χ2v) is 5.18. The highest BCUT2D eigenvalue weighted by Crippen LogP contribution is 2.20. The van der Waals surface area contributed by atoms with Gasteiger partial charge in [0.05, 0.1) is 0 Å². The number of halogens is 2. The van der Waals surface area contributed by atoms with Crippen molar-refractivity contribution in [2.45, 2.75) is 19.8 Å². The number of aryl methyl sites for hydroxylation is 1. The van der Waals surface area contributed by atoms with Gasteiger partial charge in [0.25, 0.3) is 0 Å². The molecule has 1 aromatic heterocycles. The molecule has 94 valence electrons. The first-order valence-electron chi connectivity index (χ1n) is 5.73. The molecule has 0 saturated heterocycles. The maximum Gasteiger partial charge on any atom is 0.135 e. The van der Waals surface area contributed by atoms with Gasteiger partial charge in [0, 0.05) is 22.6 Å². The number of hydrogen-bond donors (Lipinski definition) is 1. The van der Waals surface area contributed by atoms with E-state index in [0.717, 1.165) is 34.6 Å². The Morgan fingerprint density at radius 1 is 1.22 bits per heavy atom. The summed E-state index contributed by atoms with van der Waals surface area (Å²) in [5.41, 5.74) is 0.968. The van der Waals surface area contributed by atoms with Gasteiger partial charge in [-0.05, 0) is 30.7 Å². The number of anilines is 2. The molecule has 0 amide bonds. The van der Waals surface area contributed by atoms with E-state index in [4.69, 9.17) is 11.6 Å². The Kier molecular flexibility index (Phi) is 4.55. The average molecular weight is 327 g/mol. The van der Waals surface area contributed by atoms with Crippen molar-refractivity contribution in [1.82, 2.24) is 9.97 Å². The minimum Gasteiger partial charge on any atom is -0.340 e. The molecule has 0 aliphatic rings. The molecule has 0 aliphatic carbocycles. The van der Waals surface area contributed by atoms with Gasteiger partial charge in [-0.3, -0.25) is 0 Å². The molecule has 1 heterocycles. The third kappa shape index (κ3) is 3.68. The number of aromatic nitrogens is 2. The van der Waals surface area contributed by atoms with Gasteiger partial charge in [-0.1, -0.05) is 34.5 Å². The summed E-state index contributed by atoms with van der Waals surface area (Å²) in [5, 5.41) is 3.68. The van der Waals surface area contributed by atoms with E-state index in [1.807, 2.05) is 24.3 Å². The smallest absolute Gasteiger partial charge is 0.135 e. The van der Waals surface area contributed by atoms with E-state index in [0.29, 0.717) is 5.15 Å². The highest BCUT2D eigenvalue weighted by Gasteiger charge is 2.03. The van der Waals surface area contributed by atoms with Crippen LogP contribution >= 0.6 is 27.5 Å². The number of benzene rings is 1. The zero-order valence-electron chi connectivity index (χ0n) is 9.95. The van der Waals surface area contributed by atoms with E-state index < -0.39 is 0 Å². The van der Waals surface area contributed by atoms with Gasteiger partial charge >= 0.3 is 0 Å². The molecule has 0 bridgehead atoms. The molecule has 0 unspecified atom stereocenters. The van der Waals surface area contributed by atoms with E-state index in [9.17, 15) is 0 Å². The van der Waals surface area contributed by atoms with Crippen LogP contribution in [0.25, 0.3) is 0 Å². The molecular weight excluding hydrogens is 314 g/mol. The molecule has 2 rings (SSSR count). The normalized spacial score (nSPS) is 10.4. The van der Waals surface area contributed by atoms with Crippen molar-refractivity contribution < 1.29 is 0 Å². The Morgan fingerprint density at radius 3 is 2.61 bits per heavy atom. The first-order valence-corrected chi connectivity index (χ1v) is 6.90. The largest absolute Gasteiger partial charge is 0.340 e. The molecule has 0 atom stereocenters. The van der Waals surface area contributed by atoms with Gasteiger partial charge in [-0.25, -0.2) is 9.97 Å². The fourth-order valence-corrected chi connectivity index (χ4v) is 2.01. The summed E-state index contributed by atoms with van der Waals surface area (Å²) in [6, 6.07) is 9.61. The monoisotopic (exact) mass is 325 g/mol. The van der Waals surface area contributed by atoms with Crippen molar-refractivity contribution >= 4 is 39.0 Å². The van der Waals surface area contributed by atoms with E-state index in [1.54, 1.807) is 6.07 Å². The predicted molar refractivity (Wildman–Crippen MR) is 78.5 cm³/mol. The molecule has 0 aliphatic heterocycles. The third-order valence-corrected chi connectivity index (χ3v) is 3.05. The quantitative estimate of drug-likeness (QED) is 0.835. The number of hydrogen-bond acceptors (Lipinski definition) is 3. The first kappa shape index (κ1) is 13.3. The number of nitrogens with one attached hydrogen (secondary N) is 1. The lowest BCUT2D eigenvalue weighted by atomic mass is 10.3. The SMILES string of the molecule is CCCc1nc(Cl)cc(Nc2ccc(Br)cc2)n1. The Balaban J connectivity index is 2.20. The van der Waals surface area contributed by atoms with Crippen LogP contribution < -0.4 is 5.32 Å². The van der Waals surface area contributed by atoms with Crippen LogP contribution in [0.1, 0.15) is 19.2 Å². The van der Waals surface area contributed by atoms with Crippen molar-refractivity contribution in [2.75, 3.05) is 5.32 Å². The van der Waals surface area contributed by atoms with E-state index in [-0.39, 0.29) is 0 Å². The summed E-state index contributed by atoms with van der Waals surface area (Å²) in [7, 11) is 0. The Hall–Kier alpha value is -1.13. The minimum atomic E-state index is 0.466. The van der Waals surface area contributed by atoms with Crippen molar-refractivity contribution in [3.8, 4) is 0 Å². The van der Waals surface area contributed by atoms with Crippen LogP contribution in [0, 0.1) is 0 Å². The molecular formula is C13H13BrClN3. The first-order chi connectivity index (χ1) is 8.67. The van der Waals surface area contributed by atoms with E-state index >= 15 is 0 Å². The lowest BCUT2D eigenvalue weighted by Crippen LogP contribution is -2.00. The van der Waals surface area contributed by atoms with Gasteiger partial charge in [0.2, 0.25) is 0 Å². The van der Waals surface area contributed by atoms with Crippen molar-refractivity contribution in [1.29, 1.82) is 0 Å².